The van der Waals surface area contributed by atoms with Crippen LogP contribution in [0, 0.1) is 0 Å². The van der Waals surface area contributed by atoms with Crippen LogP contribution >= 0.6 is 0 Å². The summed E-state index contributed by atoms with van der Waals surface area (Å²) < 4.78 is 0. The fourth-order valence-electron chi connectivity index (χ4n) is 1.22. The van der Waals surface area contributed by atoms with Gasteiger partial charge in [0.15, 0.2) is 0 Å². The van der Waals surface area contributed by atoms with Gasteiger partial charge in [0.05, 0.1) is 25.9 Å². The van der Waals surface area contributed by atoms with E-state index >= 15 is 0 Å². The summed E-state index contributed by atoms with van der Waals surface area (Å²) in [5.74, 6) is -1.66. The van der Waals surface area contributed by atoms with Crippen LogP contribution in [-0.2, 0) is 9.59 Å². The van der Waals surface area contributed by atoms with Crippen LogP contribution in [-0.4, -0.2) is 71.0 Å². The van der Waals surface area contributed by atoms with Crippen molar-refractivity contribution in [2.75, 3.05) is 32.9 Å². The van der Waals surface area contributed by atoms with Crippen molar-refractivity contribution in [2.24, 2.45) is 0 Å². The Morgan fingerprint density at radius 1 is 1.18 bits per heavy atom. The molecular formula is C10H20N2O5. The molecule has 7 heteroatoms. The Labute approximate surface area is 100 Å². The quantitative estimate of drug-likeness (QED) is 0.378. The lowest BCUT2D eigenvalue weighted by Gasteiger charge is -2.21. The van der Waals surface area contributed by atoms with Gasteiger partial charge in [-0.2, -0.15) is 0 Å². The van der Waals surface area contributed by atoms with Crippen molar-refractivity contribution in [2.45, 2.75) is 19.4 Å². The number of nitrogens with zero attached hydrogens (tertiary/aromatic N) is 1. The van der Waals surface area contributed by atoms with Crippen LogP contribution in [0.25, 0.3) is 0 Å². The molecule has 0 saturated carbocycles. The van der Waals surface area contributed by atoms with Gasteiger partial charge in [-0.05, 0) is 6.42 Å². The number of nitrogens with one attached hydrogen (secondary N) is 1. The Bertz CT molecular complexity index is 237. The molecule has 2 amide bonds. The minimum atomic E-state index is -0.840. The molecule has 1 unspecified atom stereocenters. The van der Waals surface area contributed by atoms with Crippen LogP contribution in [0.15, 0.2) is 0 Å². The smallest absolute Gasteiger partial charge is 0.312 e. The van der Waals surface area contributed by atoms with Crippen molar-refractivity contribution >= 4 is 11.8 Å². The largest absolute Gasteiger partial charge is 0.395 e. The number of hydrogen-bond acceptors (Lipinski definition) is 5. The number of rotatable bonds is 7. The van der Waals surface area contributed by atoms with Gasteiger partial charge >= 0.3 is 11.8 Å². The van der Waals surface area contributed by atoms with Crippen molar-refractivity contribution in [3.63, 3.8) is 0 Å². The normalized spacial score (nSPS) is 12.0. The average Bonchev–Trinajstić information content (AvgIpc) is 2.34. The number of carbonyl (C=O) groups excluding carboxylic acids is 2. The van der Waals surface area contributed by atoms with Crippen molar-refractivity contribution in [3.05, 3.63) is 0 Å². The zero-order valence-corrected chi connectivity index (χ0v) is 9.93. The maximum Gasteiger partial charge on any atom is 0.312 e. The number of carbonyl (C=O) groups is 2. The molecule has 100 valence electrons. The van der Waals surface area contributed by atoms with Crippen molar-refractivity contribution in [1.82, 2.24) is 10.2 Å². The van der Waals surface area contributed by atoms with Gasteiger partial charge in [-0.1, -0.05) is 6.92 Å². The zero-order valence-electron chi connectivity index (χ0n) is 9.93. The average molecular weight is 248 g/mol. The molecule has 0 fully saturated rings. The van der Waals surface area contributed by atoms with Crippen LogP contribution in [0.2, 0.25) is 0 Å². The van der Waals surface area contributed by atoms with Gasteiger partial charge in [-0.25, -0.2) is 0 Å². The van der Waals surface area contributed by atoms with E-state index in [1.165, 1.54) is 0 Å². The zero-order chi connectivity index (χ0) is 13.3. The summed E-state index contributed by atoms with van der Waals surface area (Å²) >= 11 is 0. The Morgan fingerprint density at radius 3 is 2.06 bits per heavy atom. The molecule has 0 aliphatic heterocycles. The number of amides is 2. The first-order chi connectivity index (χ1) is 8.10. The highest BCUT2D eigenvalue weighted by atomic mass is 16.3. The Balaban J connectivity index is 4.38. The lowest BCUT2D eigenvalue weighted by atomic mass is 10.2. The summed E-state index contributed by atoms with van der Waals surface area (Å²) in [5.41, 5.74) is 0. The molecule has 0 aromatic heterocycles. The third-order valence-electron chi connectivity index (χ3n) is 2.27. The van der Waals surface area contributed by atoms with Gasteiger partial charge < -0.3 is 25.5 Å². The third-order valence-corrected chi connectivity index (χ3v) is 2.27. The van der Waals surface area contributed by atoms with E-state index in [0.717, 1.165) is 4.90 Å². The first kappa shape index (κ1) is 15.8. The topological polar surface area (TPSA) is 110 Å². The van der Waals surface area contributed by atoms with E-state index < -0.39 is 17.9 Å². The summed E-state index contributed by atoms with van der Waals surface area (Å²) in [6.45, 7) is 0.943. The molecule has 0 bridgehead atoms. The van der Waals surface area contributed by atoms with Gasteiger partial charge in [0.25, 0.3) is 0 Å². The standard InChI is InChI=1S/C10H20N2O5/c1-2-8(7-15)11-9(16)10(17)12(3-5-13)4-6-14/h8,13-15H,2-7H2,1H3,(H,11,16). The van der Waals surface area contributed by atoms with Gasteiger partial charge in [-0.15, -0.1) is 0 Å². The van der Waals surface area contributed by atoms with Crippen molar-refractivity contribution in [3.8, 4) is 0 Å². The second-order valence-electron chi connectivity index (χ2n) is 3.50. The minimum Gasteiger partial charge on any atom is -0.395 e. The molecule has 0 aromatic rings. The maximum atomic E-state index is 11.6. The molecule has 0 aliphatic rings. The van der Waals surface area contributed by atoms with E-state index in [-0.39, 0.29) is 32.9 Å². The van der Waals surface area contributed by atoms with Gasteiger partial charge in [0, 0.05) is 13.1 Å². The highest BCUT2D eigenvalue weighted by molar-refractivity contribution is 6.35. The molecule has 0 heterocycles. The molecule has 17 heavy (non-hydrogen) atoms. The molecule has 0 aromatic carbocycles. The van der Waals surface area contributed by atoms with Gasteiger partial charge in [-0.3, -0.25) is 9.59 Å². The summed E-state index contributed by atoms with van der Waals surface area (Å²) in [7, 11) is 0. The van der Waals surface area contributed by atoms with E-state index in [1.54, 1.807) is 6.92 Å². The predicted molar refractivity (Wildman–Crippen MR) is 60.1 cm³/mol. The Kier molecular flexibility index (Phi) is 8.29. The third kappa shape index (κ3) is 5.62. The van der Waals surface area contributed by atoms with E-state index in [4.69, 9.17) is 15.3 Å². The molecule has 0 rings (SSSR count). The molecule has 0 radical (unpaired) electrons. The first-order valence-corrected chi connectivity index (χ1v) is 5.53. The molecular weight excluding hydrogens is 228 g/mol. The summed E-state index contributed by atoms with van der Waals surface area (Å²) in [6, 6.07) is -0.462. The summed E-state index contributed by atoms with van der Waals surface area (Å²) in [4.78, 5) is 24.1. The van der Waals surface area contributed by atoms with Crippen LogP contribution in [0.1, 0.15) is 13.3 Å². The van der Waals surface area contributed by atoms with E-state index in [9.17, 15) is 9.59 Å². The molecule has 4 N–H and O–H groups in total. The molecule has 0 saturated heterocycles. The maximum absolute atomic E-state index is 11.6. The number of hydrogen-bond donors (Lipinski definition) is 4. The second-order valence-corrected chi connectivity index (χ2v) is 3.50. The lowest BCUT2D eigenvalue weighted by Crippen LogP contribution is -2.48. The highest BCUT2D eigenvalue weighted by Crippen LogP contribution is 1.93. The highest BCUT2D eigenvalue weighted by Gasteiger charge is 2.22. The van der Waals surface area contributed by atoms with Crippen molar-refractivity contribution < 1.29 is 24.9 Å². The second kappa shape index (κ2) is 8.91. The van der Waals surface area contributed by atoms with Crippen LogP contribution in [0.3, 0.4) is 0 Å². The summed E-state index contributed by atoms with van der Waals surface area (Å²) in [6.07, 6.45) is 0.509. The van der Waals surface area contributed by atoms with Crippen molar-refractivity contribution in [1.29, 1.82) is 0 Å². The molecule has 1 atom stereocenters. The summed E-state index contributed by atoms with van der Waals surface area (Å²) in [5, 5.41) is 28.7. The predicted octanol–water partition coefficient (Wildman–Crippen LogP) is -2.31. The van der Waals surface area contributed by atoms with E-state index in [0.29, 0.717) is 6.42 Å². The minimum absolute atomic E-state index is 0.0112. The first-order valence-electron chi connectivity index (χ1n) is 5.53. The van der Waals surface area contributed by atoms with Crippen LogP contribution < -0.4 is 5.32 Å². The number of aliphatic hydroxyl groups excluding tert-OH is 3. The van der Waals surface area contributed by atoms with E-state index in [1.807, 2.05) is 0 Å². The van der Waals surface area contributed by atoms with Gasteiger partial charge in [0.2, 0.25) is 0 Å². The fourth-order valence-corrected chi connectivity index (χ4v) is 1.22. The van der Waals surface area contributed by atoms with E-state index in [2.05, 4.69) is 5.32 Å². The molecule has 0 spiro atoms. The molecule has 7 nitrogen and oxygen atoms in total. The van der Waals surface area contributed by atoms with Crippen LogP contribution in [0.4, 0.5) is 0 Å². The monoisotopic (exact) mass is 248 g/mol. The van der Waals surface area contributed by atoms with Crippen LogP contribution in [0.5, 0.6) is 0 Å². The Morgan fingerprint density at radius 2 is 1.71 bits per heavy atom. The SMILES string of the molecule is CCC(CO)NC(=O)C(=O)N(CCO)CCO. The molecule has 0 aliphatic carbocycles. The fraction of sp³-hybridized carbons (Fsp3) is 0.800. The lowest BCUT2D eigenvalue weighted by molar-refractivity contribution is -0.147. The Hall–Kier alpha value is -1.18. The number of aliphatic hydroxyl groups is 3. The van der Waals surface area contributed by atoms with Gasteiger partial charge in [0.1, 0.15) is 0 Å².